The first-order valence-electron chi connectivity index (χ1n) is 13.5. The summed E-state index contributed by atoms with van der Waals surface area (Å²) in [4.78, 5) is 0. The summed E-state index contributed by atoms with van der Waals surface area (Å²) in [5, 5.41) is 5.48. The van der Waals surface area contributed by atoms with E-state index >= 15 is 0 Å². The van der Waals surface area contributed by atoms with Crippen LogP contribution in [0.25, 0.3) is 43.8 Å². The number of benzene rings is 4. The minimum atomic E-state index is 0. The van der Waals surface area contributed by atoms with Crippen molar-refractivity contribution in [3.63, 3.8) is 0 Å². The normalized spacial score (nSPS) is 11.8. The molecule has 0 aliphatic heterocycles. The van der Waals surface area contributed by atoms with Gasteiger partial charge in [-0.1, -0.05) is 90.8 Å². The third-order valence-corrected chi connectivity index (χ3v) is 6.89. The van der Waals surface area contributed by atoms with Gasteiger partial charge in [0.2, 0.25) is 0 Å². The van der Waals surface area contributed by atoms with Crippen molar-refractivity contribution < 1.29 is 47.8 Å². The van der Waals surface area contributed by atoms with Crippen LogP contribution in [0.15, 0.2) is 121 Å². The van der Waals surface area contributed by atoms with E-state index in [9.17, 15) is 0 Å². The number of fused-ring (bicyclic) bond motifs is 2. The summed E-state index contributed by atoms with van der Waals surface area (Å²) in [6.45, 7) is 6.81. The van der Waals surface area contributed by atoms with Gasteiger partial charge in [-0.2, -0.15) is 12.1 Å². The van der Waals surface area contributed by atoms with Crippen LogP contribution in [-0.2, 0) is 23.0 Å². The molecule has 6 aromatic carbocycles. The van der Waals surface area contributed by atoms with E-state index in [0.29, 0.717) is 0 Å². The molecule has 4 heteroatoms. The van der Waals surface area contributed by atoms with Gasteiger partial charge in [-0.25, -0.2) is 0 Å². The minimum absolute atomic E-state index is 0. The summed E-state index contributed by atoms with van der Waals surface area (Å²) in [6.07, 6.45) is 2.74. The molecule has 0 spiro atoms. The zero-order valence-electron chi connectivity index (χ0n) is 23.3. The van der Waals surface area contributed by atoms with Crippen LogP contribution >= 0.6 is 0 Å². The van der Waals surface area contributed by atoms with Crippen molar-refractivity contribution in [2.45, 2.75) is 38.8 Å². The minimum Gasteiger partial charge on any atom is -1.00 e. The van der Waals surface area contributed by atoms with E-state index < -0.39 is 0 Å². The van der Waals surface area contributed by atoms with Crippen LogP contribution in [0.2, 0.25) is 13.1 Å². The van der Waals surface area contributed by atoms with Crippen LogP contribution in [-0.4, -0.2) is 5.49 Å². The van der Waals surface area contributed by atoms with Crippen molar-refractivity contribution in [3.8, 4) is 22.3 Å². The van der Waals surface area contributed by atoms with Crippen LogP contribution < -0.4 is 24.8 Å². The van der Waals surface area contributed by atoms with Crippen molar-refractivity contribution in [3.05, 3.63) is 132 Å². The maximum Gasteiger partial charge on any atom is -0.0279 e. The first-order valence-corrected chi connectivity index (χ1v) is 21.4. The van der Waals surface area contributed by atoms with Crippen molar-refractivity contribution in [1.82, 2.24) is 0 Å². The Balaban J connectivity index is 0.000000188. The molecule has 1 aliphatic carbocycles. The van der Waals surface area contributed by atoms with E-state index in [0.717, 1.165) is 5.92 Å². The smallest absolute Gasteiger partial charge is 0.0279 e. The number of hydrogen-bond donors (Lipinski definition) is 0. The fourth-order valence-electron chi connectivity index (χ4n) is 5.03. The van der Waals surface area contributed by atoms with Crippen molar-refractivity contribution >= 4 is 27.0 Å². The molecule has 0 amide bonds. The molecule has 0 N–H and O–H groups in total. The molecule has 0 nitrogen and oxygen atoms in total. The van der Waals surface area contributed by atoms with Gasteiger partial charge in [-0.05, 0) is 29.9 Å². The molecule has 0 atom stereocenters. The van der Waals surface area contributed by atoms with Crippen molar-refractivity contribution in [1.29, 1.82) is 0 Å². The van der Waals surface area contributed by atoms with E-state index in [1.165, 1.54) is 90.8 Å². The van der Waals surface area contributed by atoms with E-state index in [2.05, 4.69) is 141 Å². The van der Waals surface area contributed by atoms with Gasteiger partial charge in [-0.3, -0.25) is 0 Å². The second kappa shape index (κ2) is 15.1. The van der Waals surface area contributed by atoms with Crippen LogP contribution in [0, 0.1) is 6.92 Å². The molecule has 0 bridgehead atoms. The molecular formula is C36H34Cl2HfSi-2. The number of hydrogen-bond acceptors (Lipinski definition) is 0. The second-order valence-corrected chi connectivity index (χ2v) is 23.2. The Morgan fingerprint density at radius 1 is 0.625 bits per heavy atom. The largest absolute Gasteiger partial charge is 1.00 e. The SMILES string of the molecule is C[Si](C)=[Hf+2].Cc1cc2c(-c3ccccc3)cccc2[cH-]1.[Cl-].[Cl-].c1ccc(-c2cccc3[cH-]c(C4CC4)cc23)cc1. The molecule has 1 fully saturated rings. The van der Waals surface area contributed by atoms with Gasteiger partial charge in [-0.15, -0.1) is 69.1 Å². The van der Waals surface area contributed by atoms with Gasteiger partial charge in [0.1, 0.15) is 0 Å². The Morgan fingerprint density at radius 3 is 1.55 bits per heavy atom. The summed E-state index contributed by atoms with van der Waals surface area (Å²) in [7, 11) is 0. The molecule has 202 valence electrons. The molecule has 7 rings (SSSR count). The molecule has 0 radical (unpaired) electrons. The van der Waals surface area contributed by atoms with E-state index in [4.69, 9.17) is 0 Å². The predicted molar refractivity (Wildman–Crippen MR) is 164 cm³/mol. The fourth-order valence-corrected chi connectivity index (χ4v) is 5.03. The number of halogens is 2. The Hall–Kier alpha value is -2.23. The monoisotopic (exact) mass is 744 g/mol. The Morgan fingerprint density at radius 2 is 1.07 bits per heavy atom. The molecular weight excluding hydrogens is 710 g/mol. The fraction of sp³-hybridized carbons (Fsp3) is 0.167. The zero-order chi connectivity index (χ0) is 26.5. The predicted octanol–water partition coefficient (Wildman–Crippen LogP) is 4.43. The Kier molecular flexibility index (Phi) is 12.2. The van der Waals surface area contributed by atoms with Gasteiger partial charge in [0.25, 0.3) is 0 Å². The summed E-state index contributed by atoms with van der Waals surface area (Å²) in [6, 6.07) is 43.6. The van der Waals surface area contributed by atoms with E-state index in [1.807, 2.05) is 0 Å². The van der Waals surface area contributed by atoms with Crippen LogP contribution in [0.1, 0.15) is 29.9 Å². The van der Waals surface area contributed by atoms with Crippen LogP contribution in [0.3, 0.4) is 0 Å². The van der Waals surface area contributed by atoms with Gasteiger partial charge >= 0.3 is 41.6 Å². The molecule has 1 aliphatic rings. The molecule has 0 aromatic heterocycles. The summed E-state index contributed by atoms with van der Waals surface area (Å²) < 4.78 is 0. The standard InChI is InChI=1S/C18H15.C16H13.C2H6Si.2ClH.Hf/c1-2-5-14(6-3-1)17-8-4-7-15-11-16(12-18(15)17)13-9-10-13;1-12-10-14-8-5-9-15(16(14)11-12)13-6-3-2-4-7-13;1-3-2;;;/h1-8,11-13H,9-10H2;2-11H,1H3;1-2H3;2*1H;/q2*-1;;;;+2/p-2. The Labute approximate surface area is 266 Å². The molecule has 0 saturated heterocycles. The maximum atomic E-state index is 2.40. The zero-order valence-corrected chi connectivity index (χ0v) is 29.4. The second-order valence-electron chi connectivity index (χ2n) is 10.4. The average molecular weight is 744 g/mol. The third kappa shape index (κ3) is 8.16. The van der Waals surface area contributed by atoms with Crippen LogP contribution in [0.4, 0.5) is 0 Å². The molecule has 40 heavy (non-hydrogen) atoms. The van der Waals surface area contributed by atoms with Crippen molar-refractivity contribution in [2.75, 3.05) is 0 Å². The quantitative estimate of drug-likeness (QED) is 0.186. The Bertz CT molecular complexity index is 1660. The number of aryl methyl sites for hydroxylation is 1. The topological polar surface area (TPSA) is 0 Å². The van der Waals surface area contributed by atoms with Gasteiger partial charge in [0.05, 0.1) is 0 Å². The van der Waals surface area contributed by atoms with E-state index in [1.54, 1.807) is 0 Å². The van der Waals surface area contributed by atoms with Crippen molar-refractivity contribution in [2.24, 2.45) is 0 Å². The molecule has 0 heterocycles. The summed E-state index contributed by atoms with van der Waals surface area (Å²) in [5.74, 6) is 0.834. The third-order valence-electron chi connectivity index (χ3n) is 6.89. The summed E-state index contributed by atoms with van der Waals surface area (Å²) in [5.41, 5.74) is 8.42. The van der Waals surface area contributed by atoms with Gasteiger partial charge < -0.3 is 24.8 Å². The molecule has 6 aromatic rings. The number of rotatable bonds is 3. The van der Waals surface area contributed by atoms with Gasteiger partial charge in [0, 0.05) is 0 Å². The first kappa shape index (κ1) is 32.3. The average Bonchev–Trinajstić information content (AvgIpc) is 3.56. The van der Waals surface area contributed by atoms with Crippen LogP contribution in [0.5, 0.6) is 0 Å². The summed E-state index contributed by atoms with van der Waals surface area (Å²) >= 11 is 1.45. The first-order chi connectivity index (χ1) is 18.5. The molecule has 1 saturated carbocycles. The molecule has 0 unspecified atom stereocenters. The maximum absolute atomic E-state index is 2.40. The van der Waals surface area contributed by atoms with Gasteiger partial charge in [0.15, 0.2) is 0 Å². The van der Waals surface area contributed by atoms with E-state index in [-0.39, 0.29) is 30.3 Å².